The Labute approximate surface area is 96.1 Å². The molecule has 3 N–H and O–H groups in total. The molecule has 0 bridgehead atoms. The summed E-state index contributed by atoms with van der Waals surface area (Å²) < 4.78 is 0. The van der Waals surface area contributed by atoms with Gasteiger partial charge in [0.15, 0.2) is 0 Å². The van der Waals surface area contributed by atoms with Crippen LogP contribution in [0.25, 0.3) is 0 Å². The lowest BCUT2D eigenvalue weighted by Gasteiger charge is -2.22. The first-order valence-electron chi connectivity index (χ1n) is 5.24. The van der Waals surface area contributed by atoms with Crippen molar-refractivity contribution in [2.24, 2.45) is 11.7 Å². The average Bonchev–Trinajstić information content (AvgIpc) is 2.23. The zero-order chi connectivity index (χ0) is 11.4. The molecular formula is C12H18ClNO. The van der Waals surface area contributed by atoms with E-state index < -0.39 is 6.10 Å². The van der Waals surface area contributed by atoms with Crippen molar-refractivity contribution in [3.05, 3.63) is 34.3 Å². The van der Waals surface area contributed by atoms with Crippen LogP contribution < -0.4 is 5.73 Å². The Bertz CT molecular complexity index is 323. The van der Waals surface area contributed by atoms with E-state index in [4.69, 9.17) is 17.3 Å². The van der Waals surface area contributed by atoms with Gasteiger partial charge in [0, 0.05) is 10.9 Å². The molecule has 0 radical (unpaired) electrons. The van der Waals surface area contributed by atoms with E-state index in [0.717, 1.165) is 17.5 Å². The van der Waals surface area contributed by atoms with Gasteiger partial charge >= 0.3 is 0 Å². The molecule has 0 aliphatic carbocycles. The van der Waals surface area contributed by atoms with E-state index in [2.05, 4.69) is 0 Å². The van der Waals surface area contributed by atoms with E-state index in [-0.39, 0.29) is 5.92 Å². The number of nitrogens with two attached hydrogens (primary N) is 1. The summed E-state index contributed by atoms with van der Waals surface area (Å²) in [4.78, 5) is 0. The van der Waals surface area contributed by atoms with Gasteiger partial charge in [0.1, 0.15) is 0 Å². The first kappa shape index (κ1) is 12.5. The fourth-order valence-corrected chi connectivity index (χ4v) is 1.88. The quantitative estimate of drug-likeness (QED) is 0.831. The number of aliphatic hydroxyl groups excluding tert-OH is 1. The van der Waals surface area contributed by atoms with Gasteiger partial charge in [-0.25, -0.2) is 0 Å². The lowest BCUT2D eigenvalue weighted by Crippen LogP contribution is -2.21. The Morgan fingerprint density at radius 2 is 2.13 bits per heavy atom. The smallest absolute Gasteiger partial charge is 0.0833 e. The van der Waals surface area contributed by atoms with Crippen LogP contribution in [0, 0.1) is 12.8 Å². The fraction of sp³-hybridized carbons (Fsp3) is 0.500. The van der Waals surface area contributed by atoms with Crippen molar-refractivity contribution in [2.45, 2.75) is 26.4 Å². The molecule has 0 aromatic heterocycles. The molecular weight excluding hydrogens is 210 g/mol. The summed E-state index contributed by atoms with van der Waals surface area (Å²) in [5, 5.41) is 10.8. The average molecular weight is 228 g/mol. The summed E-state index contributed by atoms with van der Waals surface area (Å²) in [5.41, 5.74) is 7.56. The Morgan fingerprint density at radius 3 is 2.67 bits per heavy atom. The molecule has 2 nitrogen and oxygen atoms in total. The Morgan fingerprint density at radius 1 is 1.47 bits per heavy atom. The van der Waals surface area contributed by atoms with Crippen molar-refractivity contribution in [3.63, 3.8) is 0 Å². The van der Waals surface area contributed by atoms with Crippen LogP contribution in [-0.2, 0) is 0 Å². The lowest BCUT2D eigenvalue weighted by molar-refractivity contribution is 0.109. The number of hydrogen-bond acceptors (Lipinski definition) is 2. The van der Waals surface area contributed by atoms with Gasteiger partial charge in [0.2, 0.25) is 0 Å². The number of rotatable bonds is 4. The molecule has 1 aromatic carbocycles. The van der Waals surface area contributed by atoms with E-state index >= 15 is 0 Å². The molecule has 2 atom stereocenters. The summed E-state index contributed by atoms with van der Waals surface area (Å²) >= 11 is 5.91. The predicted octanol–water partition coefficient (Wildman–Crippen LogP) is 2.67. The number of benzene rings is 1. The molecule has 1 aromatic rings. The van der Waals surface area contributed by atoms with Gasteiger partial charge in [0.05, 0.1) is 6.10 Å². The molecule has 0 heterocycles. The Balaban J connectivity index is 2.98. The minimum Gasteiger partial charge on any atom is -0.388 e. The van der Waals surface area contributed by atoms with Crippen LogP contribution in [0.3, 0.4) is 0 Å². The molecule has 0 aliphatic heterocycles. The number of halogens is 1. The molecule has 0 amide bonds. The second-order valence-electron chi connectivity index (χ2n) is 3.85. The standard InChI is InChI=1S/C12H18ClNO/c1-3-9(7-14)12(15)11-6-10(13)5-4-8(11)2/h4-6,9,12,15H,3,7,14H2,1-2H3. The molecule has 0 saturated heterocycles. The molecule has 0 aliphatic rings. The van der Waals surface area contributed by atoms with Crippen molar-refractivity contribution >= 4 is 11.6 Å². The summed E-state index contributed by atoms with van der Waals surface area (Å²) in [6.45, 7) is 4.49. The maximum absolute atomic E-state index is 10.1. The van der Waals surface area contributed by atoms with Gasteiger partial charge < -0.3 is 10.8 Å². The molecule has 84 valence electrons. The largest absolute Gasteiger partial charge is 0.388 e. The van der Waals surface area contributed by atoms with E-state index in [0.29, 0.717) is 11.6 Å². The van der Waals surface area contributed by atoms with E-state index in [9.17, 15) is 5.11 Å². The molecule has 15 heavy (non-hydrogen) atoms. The van der Waals surface area contributed by atoms with Gasteiger partial charge in [0.25, 0.3) is 0 Å². The van der Waals surface area contributed by atoms with E-state index in [1.807, 2.05) is 32.0 Å². The highest BCUT2D eigenvalue weighted by Crippen LogP contribution is 2.28. The zero-order valence-corrected chi connectivity index (χ0v) is 9.96. The number of aryl methyl sites for hydroxylation is 1. The molecule has 0 saturated carbocycles. The Kier molecular flexibility index (Phi) is 4.58. The van der Waals surface area contributed by atoms with Gasteiger partial charge in [-0.1, -0.05) is 24.6 Å². The van der Waals surface area contributed by atoms with Gasteiger partial charge in [-0.2, -0.15) is 0 Å². The second kappa shape index (κ2) is 5.50. The molecule has 3 heteroatoms. The number of hydrogen-bond donors (Lipinski definition) is 2. The van der Waals surface area contributed by atoms with Crippen molar-refractivity contribution in [1.82, 2.24) is 0 Å². The summed E-state index contributed by atoms with van der Waals surface area (Å²) in [6, 6.07) is 5.57. The lowest BCUT2D eigenvalue weighted by atomic mass is 9.91. The minimum atomic E-state index is -0.515. The van der Waals surface area contributed by atoms with Crippen LogP contribution in [0.1, 0.15) is 30.6 Å². The van der Waals surface area contributed by atoms with Crippen LogP contribution in [0.5, 0.6) is 0 Å². The Hall–Kier alpha value is -0.570. The molecule has 0 spiro atoms. The minimum absolute atomic E-state index is 0.0992. The topological polar surface area (TPSA) is 46.2 Å². The number of aliphatic hydroxyl groups is 1. The highest BCUT2D eigenvalue weighted by atomic mass is 35.5. The van der Waals surface area contributed by atoms with E-state index in [1.165, 1.54) is 0 Å². The monoisotopic (exact) mass is 227 g/mol. The van der Waals surface area contributed by atoms with Crippen LogP contribution in [0.2, 0.25) is 5.02 Å². The molecule has 1 rings (SSSR count). The van der Waals surface area contributed by atoms with Crippen molar-refractivity contribution < 1.29 is 5.11 Å². The van der Waals surface area contributed by atoms with Gasteiger partial charge in [-0.15, -0.1) is 0 Å². The van der Waals surface area contributed by atoms with Gasteiger partial charge in [-0.3, -0.25) is 0 Å². The highest BCUT2D eigenvalue weighted by Gasteiger charge is 2.19. The normalized spacial score (nSPS) is 15.0. The van der Waals surface area contributed by atoms with Gasteiger partial charge in [-0.05, 0) is 43.1 Å². The molecule has 2 unspecified atom stereocenters. The third-order valence-electron chi connectivity index (χ3n) is 2.83. The van der Waals surface area contributed by atoms with Crippen molar-refractivity contribution in [2.75, 3.05) is 6.54 Å². The first-order valence-corrected chi connectivity index (χ1v) is 5.62. The summed E-state index contributed by atoms with van der Waals surface area (Å²) in [7, 11) is 0. The third-order valence-corrected chi connectivity index (χ3v) is 3.07. The first-order chi connectivity index (χ1) is 7.10. The van der Waals surface area contributed by atoms with Crippen LogP contribution in [0.4, 0.5) is 0 Å². The van der Waals surface area contributed by atoms with Crippen LogP contribution in [0.15, 0.2) is 18.2 Å². The zero-order valence-electron chi connectivity index (χ0n) is 9.20. The molecule has 0 fully saturated rings. The highest BCUT2D eigenvalue weighted by molar-refractivity contribution is 6.30. The third kappa shape index (κ3) is 2.94. The SMILES string of the molecule is CCC(CN)C(O)c1cc(Cl)ccc1C. The maximum atomic E-state index is 10.1. The maximum Gasteiger partial charge on any atom is 0.0833 e. The second-order valence-corrected chi connectivity index (χ2v) is 4.29. The predicted molar refractivity (Wildman–Crippen MR) is 64.0 cm³/mol. The summed E-state index contributed by atoms with van der Waals surface area (Å²) in [6.07, 6.45) is 0.350. The van der Waals surface area contributed by atoms with Crippen molar-refractivity contribution in [1.29, 1.82) is 0 Å². The van der Waals surface area contributed by atoms with Crippen LogP contribution >= 0.6 is 11.6 Å². The van der Waals surface area contributed by atoms with Crippen LogP contribution in [-0.4, -0.2) is 11.7 Å². The summed E-state index contributed by atoms with van der Waals surface area (Å²) in [5.74, 6) is 0.0992. The van der Waals surface area contributed by atoms with E-state index in [1.54, 1.807) is 0 Å². The van der Waals surface area contributed by atoms with Crippen molar-refractivity contribution in [3.8, 4) is 0 Å². The fourth-order valence-electron chi connectivity index (χ4n) is 1.70.